The Labute approximate surface area is 74.3 Å². The first-order chi connectivity index (χ1) is 5.51. The van der Waals surface area contributed by atoms with Crippen molar-refractivity contribution in [2.24, 2.45) is 0 Å². The molecule has 1 saturated heterocycles. The van der Waals surface area contributed by atoms with E-state index in [1.54, 1.807) is 0 Å². The molecule has 0 radical (unpaired) electrons. The van der Waals surface area contributed by atoms with E-state index in [0.717, 1.165) is 19.6 Å². The Hall–Kier alpha value is -0.120. The van der Waals surface area contributed by atoms with E-state index in [4.69, 9.17) is 9.84 Å². The van der Waals surface area contributed by atoms with E-state index in [1.165, 1.54) is 0 Å². The summed E-state index contributed by atoms with van der Waals surface area (Å²) in [5.74, 6) is 0. The van der Waals surface area contributed by atoms with E-state index in [2.05, 4.69) is 25.7 Å². The van der Waals surface area contributed by atoms with Crippen LogP contribution < -0.4 is 0 Å². The van der Waals surface area contributed by atoms with Crippen LogP contribution in [-0.4, -0.2) is 48.0 Å². The van der Waals surface area contributed by atoms with Gasteiger partial charge in [-0.2, -0.15) is 0 Å². The second-order valence-corrected chi connectivity index (χ2v) is 4.34. The topological polar surface area (TPSA) is 32.7 Å². The number of likely N-dealkylation sites (tertiary alicyclic amines) is 1. The lowest BCUT2D eigenvalue weighted by atomic mass is 10.1. The molecule has 0 aromatic heterocycles. The van der Waals surface area contributed by atoms with Crippen LogP contribution in [0, 0.1) is 0 Å². The maximum atomic E-state index is 8.64. The molecule has 72 valence electrons. The van der Waals surface area contributed by atoms with Gasteiger partial charge in [-0.1, -0.05) is 0 Å². The second kappa shape index (κ2) is 3.73. The van der Waals surface area contributed by atoms with Gasteiger partial charge in [0.2, 0.25) is 0 Å². The molecule has 0 spiro atoms. The van der Waals surface area contributed by atoms with Crippen LogP contribution in [-0.2, 0) is 4.74 Å². The standard InChI is InChI=1S/C9H19NO2/c1-9(2,3)12-8-6-10(7-8)4-5-11/h8,11H,4-7H2,1-3H3. The molecular formula is C9H19NO2. The SMILES string of the molecule is CC(C)(C)OC1CN(CCO)C1. The number of β-amino-alcohol motifs (C(OH)–C–C–N with tert-alkyl or cyclic N) is 1. The number of aliphatic hydroxyl groups is 1. The van der Waals surface area contributed by atoms with Gasteiger partial charge in [-0.3, -0.25) is 4.90 Å². The Morgan fingerprint density at radius 3 is 2.42 bits per heavy atom. The predicted molar refractivity (Wildman–Crippen MR) is 48.2 cm³/mol. The number of rotatable bonds is 3. The molecule has 1 N–H and O–H groups in total. The fourth-order valence-corrected chi connectivity index (χ4v) is 1.42. The van der Waals surface area contributed by atoms with Crippen LogP contribution >= 0.6 is 0 Å². The molecule has 0 saturated carbocycles. The molecule has 3 heteroatoms. The van der Waals surface area contributed by atoms with E-state index in [-0.39, 0.29) is 12.2 Å². The van der Waals surface area contributed by atoms with Gasteiger partial charge in [0, 0.05) is 19.6 Å². The maximum Gasteiger partial charge on any atom is 0.0835 e. The van der Waals surface area contributed by atoms with Gasteiger partial charge in [-0.15, -0.1) is 0 Å². The second-order valence-electron chi connectivity index (χ2n) is 4.34. The number of hydrogen-bond acceptors (Lipinski definition) is 3. The van der Waals surface area contributed by atoms with Gasteiger partial charge in [0.15, 0.2) is 0 Å². The zero-order valence-electron chi connectivity index (χ0n) is 8.21. The van der Waals surface area contributed by atoms with Crippen LogP contribution in [0.1, 0.15) is 20.8 Å². The number of nitrogens with zero attached hydrogens (tertiary/aromatic N) is 1. The summed E-state index contributed by atoms with van der Waals surface area (Å²) in [7, 11) is 0. The van der Waals surface area contributed by atoms with Gasteiger partial charge >= 0.3 is 0 Å². The highest BCUT2D eigenvalue weighted by molar-refractivity contribution is 4.82. The van der Waals surface area contributed by atoms with Crippen LogP contribution in [0.15, 0.2) is 0 Å². The summed E-state index contributed by atoms with van der Waals surface area (Å²) in [4.78, 5) is 2.19. The van der Waals surface area contributed by atoms with Gasteiger partial charge in [-0.25, -0.2) is 0 Å². The van der Waals surface area contributed by atoms with Crippen molar-refractivity contribution in [1.29, 1.82) is 0 Å². The van der Waals surface area contributed by atoms with Crippen molar-refractivity contribution in [2.75, 3.05) is 26.2 Å². The van der Waals surface area contributed by atoms with Gasteiger partial charge in [-0.05, 0) is 20.8 Å². The summed E-state index contributed by atoms with van der Waals surface area (Å²) in [6.07, 6.45) is 0.372. The quantitative estimate of drug-likeness (QED) is 0.673. The van der Waals surface area contributed by atoms with Crippen LogP contribution in [0.25, 0.3) is 0 Å². The van der Waals surface area contributed by atoms with Crippen molar-refractivity contribution in [3.05, 3.63) is 0 Å². The summed E-state index contributed by atoms with van der Waals surface area (Å²) >= 11 is 0. The molecule has 0 atom stereocenters. The third-order valence-electron chi connectivity index (χ3n) is 1.86. The molecular weight excluding hydrogens is 154 g/mol. The molecule has 0 aromatic carbocycles. The van der Waals surface area contributed by atoms with Crippen molar-refractivity contribution < 1.29 is 9.84 Å². The first-order valence-electron chi connectivity index (χ1n) is 4.52. The van der Waals surface area contributed by atoms with Gasteiger partial charge in [0.25, 0.3) is 0 Å². The van der Waals surface area contributed by atoms with Crippen molar-refractivity contribution in [1.82, 2.24) is 4.90 Å². The van der Waals surface area contributed by atoms with Gasteiger partial charge < -0.3 is 9.84 Å². The minimum Gasteiger partial charge on any atom is -0.395 e. The third kappa shape index (κ3) is 3.09. The minimum atomic E-state index is -0.0318. The molecule has 1 fully saturated rings. The monoisotopic (exact) mass is 173 g/mol. The first kappa shape index (κ1) is 9.96. The van der Waals surface area contributed by atoms with Crippen LogP contribution in [0.2, 0.25) is 0 Å². The zero-order valence-corrected chi connectivity index (χ0v) is 8.21. The molecule has 0 bridgehead atoms. The van der Waals surface area contributed by atoms with E-state index in [1.807, 2.05) is 0 Å². The molecule has 1 aliphatic heterocycles. The fraction of sp³-hybridized carbons (Fsp3) is 1.00. The summed E-state index contributed by atoms with van der Waals surface area (Å²) in [5.41, 5.74) is -0.0318. The Morgan fingerprint density at radius 1 is 1.42 bits per heavy atom. The summed E-state index contributed by atoms with van der Waals surface area (Å²) in [6, 6.07) is 0. The average Bonchev–Trinajstić information content (AvgIpc) is 1.80. The van der Waals surface area contributed by atoms with E-state index < -0.39 is 0 Å². The molecule has 0 aliphatic carbocycles. The summed E-state index contributed by atoms with van der Waals surface area (Å²) in [6.45, 7) is 9.19. The van der Waals surface area contributed by atoms with E-state index >= 15 is 0 Å². The zero-order chi connectivity index (χ0) is 9.19. The molecule has 0 amide bonds. The van der Waals surface area contributed by atoms with Gasteiger partial charge in [0.1, 0.15) is 0 Å². The summed E-state index contributed by atoms with van der Waals surface area (Å²) in [5, 5.41) is 8.64. The predicted octanol–water partition coefficient (Wildman–Crippen LogP) is 0.478. The highest BCUT2D eigenvalue weighted by Gasteiger charge is 2.30. The molecule has 0 aromatic rings. The smallest absolute Gasteiger partial charge is 0.0835 e. The minimum absolute atomic E-state index is 0.0318. The van der Waals surface area contributed by atoms with Crippen molar-refractivity contribution in [3.63, 3.8) is 0 Å². The van der Waals surface area contributed by atoms with E-state index in [0.29, 0.717) is 6.10 Å². The van der Waals surface area contributed by atoms with Crippen molar-refractivity contribution in [3.8, 4) is 0 Å². The first-order valence-corrected chi connectivity index (χ1v) is 4.52. The Balaban J connectivity index is 2.10. The third-order valence-corrected chi connectivity index (χ3v) is 1.86. The Bertz CT molecular complexity index is 136. The number of hydrogen-bond donors (Lipinski definition) is 1. The molecule has 12 heavy (non-hydrogen) atoms. The lowest BCUT2D eigenvalue weighted by molar-refractivity contribution is -0.125. The highest BCUT2D eigenvalue weighted by atomic mass is 16.5. The maximum absolute atomic E-state index is 8.64. The van der Waals surface area contributed by atoms with Crippen molar-refractivity contribution in [2.45, 2.75) is 32.5 Å². The molecule has 1 aliphatic rings. The van der Waals surface area contributed by atoms with Crippen molar-refractivity contribution >= 4 is 0 Å². The fourth-order valence-electron chi connectivity index (χ4n) is 1.42. The van der Waals surface area contributed by atoms with Crippen LogP contribution in [0.3, 0.4) is 0 Å². The lowest BCUT2D eigenvalue weighted by Crippen LogP contribution is -2.54. The highest BCUT2D eigenvalue weighted by Crippen LogP contribution is 2.18. The average molecular weight is 173 g/mol. The summed E-state index contributed by atoms with van der Waals surface area (Å²) < 4.78 is 5.73. The number of ether oxygens (including phenoxy) is 1. The van der Waals surface area contributed by atoms with Crippen LogP contribution in [0.5, 0.6) is 0 Å². The normalized spacial score (nSPS) is 21.0. The lowest BCUT2D eigenvalue weighted by Gasteiger charge is -2.41. The largest absolute Gasteiger partial charge is 0.395 e. The molecule has 1 heterocycles. The Kier molecular flexibility index (Phi) is 3.09. The molecule has 3 nitrogen and oxygen atoms in total. The number of aliphatic hydroxyl groups excluding tert-OH is 1. The molecule has 1 rings (SSSR count). The van der Waals surface area contributed by atoms with E-state index in [9.17, 15) is 0 Å². The molecule has 0 unspecified atom stereocenters. The Morgan fingerprint density at radius 2 is 2.00 bits per heavy atom. The van der Waals surface area contributed by atoms with Crippen LogP contribution in [0.4, 0.5) is 0 Å². The van der Waals surface area contributed by atoms with Gasteiger partial charge in [0.05, 0.1) is 18.3 Å².